The number of fused-ring (bicyclic) bond motifs is 1. The molecule has 6 nitrogen and oxygen atoms in total. The van der Waals surface area contributed by atoms with Crippen LogP contribution in [0.25, 0.3) is 0 Å². The summed E-state index contributed by atoms with van der Waals surface area (Å²) in [5.74, 6) is 0.669. The van der Waals surface area contributed by atoms with E-state index in [4.69, 9.17) is 19.7 Å². The van der Waals surface area contributed by atoms with Gasteiger partial charge >= 0.3 is 0 Å². The third-order valence-corrected chi connectivity index (χ3v) is 2.92. The normalized spacial score (nSPS) is 17.9. The molecule has 1 heterocycles. The van der Waals surface area contributed by atoms with Gasteiger partial charge in [0.25, 0.3) is 5.91 Å². The van der Waals surface area contributed by atoms with Crippen molar-refractivity contribution in [2.24, 2.45) is 0 Å². The van der Waals surface area contributed by atoms with E-state index < -0.39 is 17.6 Å². The smallest absolute Gasteiger partial charge is 0.265 e. The van der Waals surface area contributed by atoms with Gasteiger partial charge in [0.2, 0.25) is 6.10 Å². The van der Waals surface area contributed by atoms with Gasteiger partial charge in [0, 0.05) is 0 Å². The number of hydrogen-bond acceptors (Lipinski definition) is 5. The highest BCUT2D eigenvalue weighted by Crippen LogP contribution is 2.30. The molecule has 1 atom stereocenters. The number of ether oxygens (including phenoxy) is 2. The fourth-order valence-corrected chi connectivity index (χ4v) is 1.66. The molecule has 0 fully saturated rings. The summed E-state index contributed by atoms with van der Waals surface area (Å²) in [5, 5.41) is 20.8. The number of rotatable bonds is 4. The SMILES string of the molecule is CC(CO)(CO)NC(=O)C1COc2ccccc2O1. The molecule has 1 aliphatic rings. The number of carbonyl (C=O) groups is 1. The van der Waals surface area contributed by atoms with Crippen molar-refractivity contribution in [2.75, 3.05) is 19.8 Å². The Morgan fingerprint density at radius 2 is 2.00 bits per heavy atom. The van der Waals surface area contributed by atoms with Crippen molar-refractivity contribution in [1.82, 2.24) is 5.32 Å². The third kappa shape index (κ3) is 2.97. The first kappa shape index (κ1) is 13.6. The first-order valence-electron chi connectivity index (χ1n) is 6.00. The Bertz CT molecular complexity index is 458. The van der Waals surface area contributed by atoms with E-state index in [9.17, 15) is 4.79 Å². The summed E-state index contributed by atoms with van der Waals surface area (Å²) < 4.78 is 11.0. The van der Waals surface area contributed by atoms with E-state index in [2.05, 4.69) is 5.32 Å². The van der Waals surface area contributed by atoms with Crippen molar-refractivity contribution in [3.8, 4) is 11.5 Å². The molecule has 1 amide bonds. The zero-order chi connectivity index (χ0) is 13.9. The molecule has 0 radical (unpaired) electrons. The van der Waals surface area contributed by atoms with Crippen LogP contribution in [0.3, 0.4) is 0 Å². The van der Waals surface area contributed by atoms with Gasteiger partial charge in [0.05, 0.1) is 18.8 Å². The highest BCUT2D eigenvalue weighted by molar-refractivity contribution is 5.82. The number of benzene rings is 1. The summed E-state index contributed by atoms with van der Waals surface area (Å²) in [4.78, 5) is 12.0. The quantitative estimate of drug-likeness (QED) is 0.696. The van der Waals surface area contributed by atoms with Crippen molar-refractivity contribution in [2.45, 2.75) is 18.6 Å². The lowest BCUT2D eigenvalue weighted by Crippen LogP contribution is -2.56. The average molecular weight is 267 g/mol. The van der Waals surface area contributed by atoms with Gasteiger partial charge in [-0.05, 0) is 19.1 Å². The topological polar surface area (TPSA) is 88.0 Å². The summed E-state index contributed by atoms with van der Waals surface area (Å²) in [6.45, 7) is 0.914. The number of amides is 1. The molecule has 2 rings (SSSR count). The summed E-state index contributed by atoms with van der Waals surface area (Å²) in [7, 11) is 0. The van der Waals surface area contributed by atoms with E-state index in [-0.39, 0.29) is 19.8 Å². The van der Waals surface area contributed by atoms with Gasteiger partial charge in [0.1, 0.15) is 6.61 Å². The molecule has 1 aromatic carbocycles. The van der Waals surface area contributed by atoms with Gasteiger partial charge in [-0.3, -0.25) is 4.79 Å². The maximum atomic E-state index is 12.0. The molecule has 0 bridgehead atoms. The molecular formula is C13H17NO5. The highest BCUT2D eigenvalue weighted by Gasteiger charge is 2.32. The molecule has 0 spiro atoms. The van der Waals surface area contributed by atoms with Crippen molar-refractivity contribution in [1.29, 1.82) is 0 Å². The van der Waals surface area contributed by atoms with E-state index in [0.29, 0.717) is 11.5 Å². The van der Waals surface area contributed by atoms with Crippen molar-refractivity contribution >= 4 is 5.91 Å². The molecule has 0 aliphatic carbocycles. The maximum Gasteiger partial charge on any atom is 0.265 e. The van der Waals surface area contributed by atoms with Crippen LogP contribution in [0, 0.1) is 0 Å². The number of aliphatic hydroxyl groups is 2. The molecule has 1 unspecified atom stereocenters. The molecule has 0 saturated carbocycles. The number of para-hydroxylation sites is 2. The lowest BCUT2D eigenvalue weighted by molar-refractivity contribution is -0.133. The van der Waals surface area contributed by atoms with Crippen molar-refractivity contribution in [3.05, 3.63) is 24.3 Å². The van der Waals surface area contributed by atoms with Crippen LogP contribution in [0.5, 0.6) is 11.5 Å². The largest absolute Gasteiger partial charge is 0.485 e. The minimum atomic E-state index is -1.07. The van der Waals surface area contributed by atoms with Gasteiger partial charge in [-0.15, -0.1) is 0 Å². The molecule has 19 heavy (non-hydrogen) atoms. The Morgan fingerprint density at radius 3 is 2.63 bits per heavy atom. The molecule has 104 valence electrons. The third-order valence-electron chi connectivity index (χ3n) is 2.92. The summed E-state index contributed by atoms with van der Waals surface area (Å²) in [6.07, 6.45) is -0.799. The van der Waals surface area contributed by atoms with Gasteiger partial charge in [-0.2, -0.15) is 0 Å². The second kappa shape index (κ2) is 5.46. The van der Waals surface area contributed by atoms with Crippen molar-refractivity contribution < 1.29 is 24.5 Å². The molecule has 0 aromatic heterocycles. The minimum Gasteiger partial charge on any atom is -0.485 e. The number of hydrogen-bond donors (Lipinski definition) is 3. The van der Waals surface area contributed by atoms with Gasteiger partial charge in [0.15, 0.2) is 11.5 Å². The zero-order valence-electron chi connectivity index (χ0n) is 10.6. The monoisotopic (exact) mass is 267 g/mol. The van der Waals surface area contributed by atoms with Gasteiger partial charge in [-0.1, -0.05) is 12.1 Å². The summed E-state index contributed by atoms with van der Waals surface area (Å²) in [5.41, 5.74) is -1.07. The fraction of sp³-hybridized carbons (Fsp3) is 0.462. The van der Waals surface area contributed by atoms with E-state index in [0.717, 1.165) is 0 Å². The molecule has 3 N–H and O–H groups in total. The second-order valence-corrected chi connectivity index (χ2v) is 4.73. The first-order chi connectivity index (χ1) is 9.08. The number of aliphatic hydroxyl groups excluding tert-OH is 2. The van der Waals surface area contributed by atoms with Crippen LogP contribution in [0.4, 0.5) is 0 Å². The van der Waals surface area contributed by atoms with Crippen LogP contribution in [-0.2, 0) is 4.79 Å². The predicted octanol–water partition coefficient (Wildman–Crippen LogP) is -0.314. The fourth-order valence-electron chi connectivity index (χ4n) is 1.66. The lowest BCUT2D eigenvalue weighted by atomic mass is 10.1. The number of carbonyl (C=O) groups excluding carboxylic acids is 1. The van der Waals surface area contributed by atoms with Crippen LogP contribution in [0.1, 0.15) is 6.92 Å². The van der Waals surface area contributed by atoms with E-state index in [1.54, 1.807) is 25.1 Å². The standard InChI is InChI=1S/C13H17NO5/c1-13(7-15,8-16)14-12(17)11-6-18-9-4-2-3-5-10(9)19-11/h2-5,11,15-16H,6-8H2,1H3,(H,14,17). The average Bonchev–Trinajstić information content (AvgIpc) is 2.46. The number of nitrogens with one attached hydrogen (secondary N) is 1. The Kier molecular flexibility index (Phi) is 3.92. The van der Waals surface area contributed by atoms with Crippen molar-refractivity contribution in [3.63, 3.8) is 0 Å². The van der Waals surface area contributed by atoms with Crippen LogP contribution in [0.2, 0.25) is 0 Å². The summed E-state index contributed by atoms with van der Waals surface area (Å²) >= 11 is 0. The van der Waals surface area contributed by atoms with Crippen LogP contribution >= 0.6 is 0 Å². The Balaban J connectivity index is 2.03. The van der Waals surface area contributed by atoms with Crippen LogP contribution in [-0.4, -0.2) is 47.6 Å². The predicted molar refractivity (Wildman–Crippen MR) is 67.1 cm³/mol. The maximum absolute atomic E-state index is 12.0. The molecule has 1 aromatic rings. The Hall–Kier alpha value is -1.79. The van der Waals surface area contributed by atoms with E-state index in [1.807, 2.05) is 6.07 Å². The second-order valence-electron chi connectivity index (χ2n) is 4.73. The lowest BCUT2D eigenvalue weighted by Gasteiger charge is -2.31. The first-order valence-corrected chi connectivity index (χ1v) is 6.00. The molecule has 6 heteroatoms. The highest BCUT2D eigenvalue weighted by atomic mass is 16.6. The van der Waals surface area contributed by atoms with Gasteiger partial charge in [-0.25, -0.2) is 0 Å². The summed E-state index contributed by atoms with van der Waals surface area (Å²) in [6, 6.07) is 7.08. The minimum absolute atomic E-state index is 0.0930. The van der Waals surface area contributed by atoms with E-state index >= 15 is 0 Å². The van der Waals surface area contributed by atoms with E-state index in [1.165, 1.54) is 0 Å². The molecule has 0 saturated heterocycles. The van der Waals surface area contributed by atoms with Crippen LogP contribution in [0.15, 0.2) is 24.3 Å². The van der Waals surface area contributed by atoms with Gasteiger partial charge < -0.3 is 25.0 Å². The Labute approximate surface area is 111 Å². The zero-order valence-corrected chi connectivity index (χ0v) is 10.6. The molecular weight excluding hydrogens is 250 g/mol. The van der Waals surface area contributed by atoms with Crippen LogP contribution < -0.4 is 14.8 Å². The Morgan fingerprint density at radius 1 is 1.37 bits per heavy atom. The molecule has 1 aliphatic heterocycles.